The minimum absolute atomic E-state index is 0.185. The maximum atomic E-state index is 9.42. The van der Waals surface area contributed by atoms with E-state index in [2.05, 4.69) is 38.3 Å². The minimum Gasteiger partial charge on any atom is -0.368 e. The highest BCUT2D eigenvalue weighted by Gasteiger charge is 2.21. The third-order valence-corrected chi connectivity index (χ3v) is 6.04. The highest BCUT2D eigenvalue weighted by atomic mass is 15.4. The van der Waals surface area contributed by atoms with Crippen molar-refractivity contribution in [2.75, 3.05) is 5.73 Å². The molecule has 0 spiro atoms. The van der Waals surface area contributed by atoms with Crippen molar-refractivity contribution in [1.29, 1.82) is 5.26 Å². The average Bonchev–Trinajstić information content (AvgIpc) is 3.56. The van der Waals surface area contributed by atoms with Gasteiger partial charge in [0.2, 0.25) is 5.95 Å². The van der Waals surface area contributed by atoms with Crippen molar-refractivity contribution in [1.82, 2.24) is 39.3 Å². The molecule has 6 aromatic rings. The first kappa shape index (κ1) is 22.1. The van der Waals surface area contributed by atoms with E-state index in [4.69, 9.17) is 15.8 Å². The van der Waals surface area contributed by atoms with Crippen LogP contribution in [0.25, 0.3) is 39.3 Å². The number of nitrogen functional groups attached to an aromatic ring is 1. The molecule has 4 heterocycles. The van der Waals surface area contributed by atoms with Crippen LogP contribution in [0.15, 0.2) is 79.5 Å². The quantitative estimate of drug-likeness (QED) is 0.391. The van der Waals surface area contributed by atoms with E-state index in [1.807, 2.05) is 43.7 Å². The zero-order valence-electron chi connectivity index (χ0n) is 19.8. The first-order valence-corrected chi connectivity index (χ1v) is 11.5. The minimum atomic E-state index is 0.185. The second kappa shape index (κ2) is 8.98. The molecule has 0 bridgehead atoms. The van der Waals surface area contributed by atoms with Crippen molar-refractivity contribution in [2.45, 2.75) is 6.42 Å². The maximum Gasteiger partial charge on any atom is 0.223 e. The number of hydrogen-bond acceptors (Lipinski definition) is 8. The van der Waals surface area contributed by atoms with Gasteiger partial charge < -0.3 is 5.73 Å². The number of hydrogen-bond donors (Lipinski definition) is 1. The molecular formula is C27H20N10. The van der Waals surface area contributed by atoms with E-state index in [9.17, 15) is 5.26 Å². The Bertz CT molecular complexity index is 1790. The van der Waals surface area contributed by atoms with E-state index >= 15 is 0 Å². The Hall–Kier alpha value is -5.43. The van der Waals surface area contributed by atoms with Crippen molar-refractivity contribution < 1.29 is 0 Å². The zero-order chi connectivity index (χ0) is 25.4. The second-order valence-corrected chi connectivity index (χ2v) is 8.48. The van der Waals surface area contributed by atoms with Crippen molar-refractivity contribution in [3.8, 4) is 39.7 Å². The van der Waals surface area contributed by atoms with Crippen LogP contribution in [0.3, 0.4) is 0 Å². The molecule has 10 heteroatoms. The molecule has 0 unspecified atom stereocenters. The van der Waals surface area contributed by atoms with E-state index in [1.54, 1.807) is 29.1 Å². The van der Waals surface area contributed by atoms with Gasteiger partial charge in [-0.1, -0.05) is 36.4 Å². The summed E-state index contributed by atoms with van der Waals surface area (Å²) < 4.78 is 3.32. The van der Waals surface area contributed by atoms with Crippen molar-refractivity contribution in [3.05, 3.63) is 96.5 Å². The van der Waals surface area contributed by atoms with Crippen LogP contribution in [0, 0.1) is 11.3 Å². The fourth-order valence-corrected chi connectivity index (χ4v) is 4.38. The normalized spacial score (nSPS) is 11.0. The SMILES string of the molecule is Cn1cc(-c2ccccc2Cc2nc3c(-c4ccncn4)c(-c4cccc(C#N)c4)nc(N)n3n2)cn1. The van der Waals surface area contributed by atoms with Crippen molar-refractivity contribution in [2.24, 2.45) is 7.05 Å². The number of rotatable bonds is 5. The van der Waals surface area contributed by atoms with E-state index in [1.165, 1.54) is 10.8 Å². The van der Waals surface area contributed by atoms with Crippen LogP contribution < -0.4 is 5.73 Å². The number of aromatic nitrogens is 8. The van der Waals surface area contributed by atoms with Gasteiger partial charge in [0.15, 0.2) is 11.5 Å². The maximum absolute atomic E-state index is 9.42. The van der Waals surface area contributed by atoms with Gasteiger partial charge >= 0.3 is 0 Å². The molecule has 0 saturated heterocycles. The molecule has 0 atom stereocenters. The van der Waals surface area contributed by atoms with Gasteiger partial charge in [0, 0.05) is 37.0 Å². The standard InChI is InChI=1S/C27H20N10/c1-36-15-20(14-32-36)21-8-3-2-6-18(21)12-23-33-26-24(22-9-10-30-16-31-22)25(34-27(29)37(26)35-23)19-7-4-5-17(11-19)13-28/h2-11,14-16H,12H2,1H3,(H2,29,34). The Morgan fingerprint density at radius 1 is 1.03 bits per heavy atom. The molecule has 0 aliphatic carbocycles. The molecule has 0 aliphatic heterocycles. The fourth-order valence-electron chi connectivity index (χ4n) is 4.38. The van der Waals surface area contributed by atoms with Crippen LogP contribution in [0.2, 0.25) is 0 Å². The summed E-state index contributed by atoms with van der Waals surface area (Å²) >= 11 is 0. The van der Waals surface area contributed by atoms with E-state index in [0.29, 0.717) is 40.4 Å². The molecule has 0 radical (unpaired) electrons. The lowest BCUT2D eigenvalue weighted by Gasteiger charge is -2.11. The van der Waals surface area contributed by atoms with Crippen LogP contribution in [-0.2, 0) is 13.5 Å². The summed E-state index contributed by atoms with van der Waals surface area (Å²) in [6, 6.07) is 19.3. The predicted octanol–water partition coefficient (Wildman–Crippen LogP) is 3.69. The van der Waals surface area contributed by atoms with Crippen molar-refractivity contribution in [3.63, 3.8) is 0 Å². The van der Waals surface area contributed by atoms with Gasteiger partial charge in [-0.2, -0.15) is 14.9 Å². The van der Waals surface area contributed by atoms with Crippen LogP contribution in [0.1, 0.15) is 17.0 Å². The summed E-state index contributed by atoms with van der Waals surface area (Å²) in [6.45, 7) is 0. The first-order valence-electron chi connectivity index (χ1n) is 11.5. The molecule has 0 fully saturated rings. The molecule has 10 nitrogen and oxygen atoms in total. The number of aryl methyl sites for hydroxylation is 1. The van der Waals surface area contributed by atoms with Gasteiger partial charge in [0.05, 0.1) is 34.8 Å². The molecule has 2 aromatic carbocycles. The molecule has 0 aliphatic rings. The summed E-state index contributed by atoms with van der Waals surface area (Å²) in [7, 11) is 1.89. The zero-order valence-corrected chi connectivity index (χ0v) is 19.8. The summed E-state index contributed by atoms with van der Waals surface area (Å²) in [6.07, 6.45) is 7.43. The molecule has 178 valence electrons. The summed E-state index contributed by atoms with van der Waals surface area (Å²) in [5.41, 5.74) is 13.1. The first-order chi connectivity index (χ1) is 18.1. The number of benzene rings is 2. The number of fused-ring (bicyclic) bond motifs is 1. The third kappa shape index (κ3) is 4.04. The highest BCUT2D eigenvalue weighted by Crippen LogP contribution is 2.34. The van der Waals surface area contributed by atoms with E-state index < -0.39 is 0 Å². The third-order valence-electron chi connectivity index (χ3n) is 6.04. The number of nitriles is 1. The highest BCUT2D eigenvalue weighted by molar-refractivity contribution is 5.89. The predicted molar refractivity (Wildman–Crippen MR) is 138 cm³/mol. The van der Waals surface area contributed by atoms with Gasteiger partial charge in [-0.25, -0.2) is 19.9 Å². The molecule has 0 amide bonds. The molecule has 0 saturated carbocycles. The Morgan fingerprint density at radius 2 is 1.92 bits per heavy atom. The number of nitrogens with zero attached hydrogens (tertiary/aromatic N) is 9. The van der Waals surface area contributed by atoms with Crippen LogP contribution in [0.4, 0.5) is 5.95 Å². The van der Waals surface area contributed by atoms with Gasteiger partial charge in [-0.15, -0.1) is 5.10 Å². The summed E-state index contributed by atoms with van der Waals surface area (Å²) in [5.74, 6) is 0.771. The molecule has 6 rings (SSSR count). The van der Waals surface area contributed by atoms with Gasteiger partial charge in [0.1, 0.15) is 6.33 Å². The summed E-state index contributed by atoms with van der Waals surface area (Å²) in [5, 5.41) is 18.4. The average molecular weight is 485 g/mol. The van der Waals surface area contributed by atoms with Crippen molar-refractivity contribution >= 4 is 11.6 Å². The Kier molecular flexibility index (Phi) is 5.35. The monoisotopic (exact) mass is 484 g/mol. The number of anilines is 1. The Labute approximate surface area is 211 Å². The van der Waals surface area contributed by atoms with E-state index in [0.717, 1.165) is 22.3 Å². The smallest absolute Gasteiger partial charge is 0.223 e. The van der Waals surface area contributed by atoms with E-state index in [-0.39, 0.29) is 5.95 Å². The fraction of sp³-hybridized carbons (Fsp3) is 0.0741. The second-order valence-electron chi connectivity index (χ2n) is 8.48. The molecular weight excluding hydrogens is 464 g/mol. The molecule has 4 aromatic heterocycles. The van der Waals surface area contributed by atoms with Crippen LogP contribution in [-0.4, -0.2) is 39.3 Å². The molecule has 37 heavy (non-hydrogen) atoms. The Balaban J connectivity index is 1.53. The van der Waals surface area contributed by atoms with Gasteiger partial charge in [-0.3, -0.25) is 4.68 Å². The lowest BCUT2D eigenvalue weighted by molar-refractivity contribution is 0.768. The Morgan fingerprint density at radius 3 is 2.70 bits per heavy atom. The van der Waals surface area contributed by atoms with Gasteiger partial charge in [-0.05, 0) is 29.3 Å². The lowest BCUT2D eigenvalue weighted by Crippen LogP contribution is -2.06. The summed E-state index contributed by atoms with van der Waals surface area (Å²) in [4.78, 5) is 18.1. The van der Waals surface area contributed by atoms with Crippen LogP contribution in [0.5, 0.6) is 0 Å². The largest absolute Gasteiger partial charge is 0.368 e. The lowest BCUT2D eigenvalue weighted by atomic mass is 10.00. The molecule has 2 N–H and O–H groups in total. The van der Waals surface area contributed by atoms with Crippen LogP contribution >= 0.6 is 0 Å². The number of nitrogens with two attached hydrogens (primary N) is 1. The topological polar surface area (TPSA) is 136 Å². The van der Waals surface area contributed by atoms with Gasteiger partial charge in [0.25, 0.3) is 0 Å².